The molecule has 0 saturated heterocycles. The Balaban J connectivity index is 1.81. The van der Waals surface area contributed by atoms with Crippen LogP contribution in [0.15, 0.2) is 48.5 Å². The number of hydrogen-bond acceptors (Lipinski definition) is 4. The monoisotopic (exact) mass is 491 g/mol. The lowest BCUT2D eigenvalue weighted by molar-refractivity contribution is -0.116. The molecule has 192 valence electrons. The van der Waals surface area contributed by atoms with E-state index >= 15 is 0 Å². The second-order valence-corrected chi connectivity index (χ2v) is 9.92. The summed E-state index contributed by atoms with van der Waals surface area (Å²) in [5.41, 5.74) is 4.26. The maximum atomic E-state index is 13.1. The summed E-state index contributed by atoms with van der Waals surface area (Å²) in [6.45, 7) is 12.5. The van der Waals surface area contributed by atoms with E-state index < -0.39 is 0 Å². The minimum atomic E-state index is -0.306. The van der Waals surface area contributed by atoms with Gasteiger partial charge >= 0.3 is 6.03 Å². The van der Waals surface area contributed by atoms with Gasteiger partial charge in [0.25, 0.3) is 0 Å². The average molecular weight is 492 g/mol. The lowest BCUT2D eigenvalue weighted by atomic mass is 9.92. The molecular formula is C28H37N5O3. The fraction of sp³-hybridized carbons (Fsp3) is 0.393. The molecule has 0 atom stereocenters. The number of carbonyl (C=O) groups excluding carboxylic acids is 2. The number of ether oxygens (including phenoxy) is 1. The van der Waals surface area contributed by atoms with E-state index in [1.807, 2.05) is 69.3 Å². The highest BCUT2D eigenvalue weighted by Gasteiger charge is 2.23. The average Bonchev–Trinajstić information content (AvgIpc) is 3.26. The zero-order valence-electron chi connectivity index (χ0n) is 22.3. The molecule has 0 radical (unpaired) electrons. The van der Waals surface area contributed by atoms with Gasteiger partial charge in [0.2, 0.25) is 5.91 Å². The lowest BCUT2D eigenvalue weighted by Gasteiger charge is -2.23. The molecule has 2 N–H and O–H groups in total. The van der Waals surface area contributed by atoms with Crippen LogP contribution in [0.5, 0.6) is 5.75 Å². The predicted octanol–water partition coefficient (Wildman–Crippen LogP) is 5.68. The molecule has 0 unspecified atom stereocenters. The summed E-state index contributed by atoms with van der Waals surface area (Å²) in [6.07, 6.45) is 0.728. The van der Waals surface area contributed by atoms with Crippen LogP contribution in [0, 0.1) is 13.8 Å². The van der Waals surface area contributed by atoms with Gasteiger partial charge in [-0.05, 0) is 61.7 Å². The SMILES string of the molecule is CCCN(CC(=O)Nc1cc(C(C)(C)C)nn1-c1ccc(OC)cc1)C(=O)Nc1cccc(C)c1C. The zero-order valence-corrected chi connectivity index (χ0v) is 22.3. The fourth-order valence-corrected chi connectivity index (χ4v) is 3.72. The number of nitrogens with one attached hydrogen (secondary N) is 2. The van der Waals surface area contributed by atoms with Crippen LogP contribution in [0.2, 0.25) is 0 Å². The zero-order chi connectivity index (χ0) is 26.5. The summed E-state index contributed by atoms with van der Waals surface area (Å²) in [4.78, 5) is 27.7. The second kappa shape index (κ2) is 11.3. The number of hydrogen-bond donors (Lipinski definition) is 2. The van der Waals surface area contributed by atoms with Crippen LogP contribution in [0.3, 0.4) is 0 Å². The Hall–Kier alpha value is -3.81. The van der Waals surface area contributed by atoms with Gasteiger partial charge in [0.15, 0.2) is 0 Å². The van der Waals surface area contributed by atoms with Crippen molar-refractivity contribution in [3.05, 3.63) is 65.4 Å². The van der Waals surface area contributed by atoms with Crippen molar-refractivity contribution in [2.24, 2.45) is 0 Å². The number of aromatic nitrogens is 2. The van der Waals surface area contributed by atoms with Crippen molar-refractivity contribution in [2.45, 2.75) is 53.4 Å². The minimum absolute atomic E-state index is 0.0802. The molecule has 0 aliphatic heterocycles. The molecule has 8 heteroatoms. The lowest BCUT2D eigenvalue weighted by Crippen LogP contribution is -2.41. The number of anilines is 2. The van der Waals surface area contributed by atoms with Crippen LogP contribution in [0.25, 0.3) is 5.69 Å². The normalized spacial score (nSPS) is 11.2. The van der Waals surface area contributed by atoms with Gasteiger partial charge in [-0.25, -0.2) is 9.48 Å². The molecule has 8 nitrogen and oxygen atoms in total. The van der Waals surface area contributed by atoms with Crippen molar-refractivity contribution in [3.63, 3.8) is 0 Å². The molecule has 2 aromatic carbocycles. The summed E-state index contributed by atoms with van der Waals surface area (Å²) < 4.78 is 6.97. The van der Waals surface area contributed by atoms with Gasteiger partial charge in [-0.1, -0.05) is 39.8 Å². The Morgan fingerprint density at radius 3 is 2.36 bits per heavy atom. The molecule has 3 aromatic rings. The summed E-state index contributed by atoms with van der Waals surface area (Å²) in [5.74, 6) is 0.980. The van der Waals surface area contributed by atoms with Crippen molar-refractivity contribution in [3.8, 4) is 11.4 Å². The van der Waals surface area contributed by atoms with Gasteiger partial charge in [0.1, 0.15) is 18.1 Å². The summed E-state index contributed by atoms with van der Waals surface area (Å²) in [6, 6.07) is 14.8. The van der Waals surface area contributed by atoms with Crippen molar-refractivity contribution in [2.75, 3.05) is 30.8 Å². The predicted molar refractivity (Wildman–Crippen MR) is 144 cm³/mol. The topological polar surface area (TPSA) is 88.5 Å². The van der Waals surface area contributed by atoms with Crippen LogP contribution in [-0.2, 0) is 10.2 Å². The van der Waals surface area contributed by atoms with E-state index in [-0.39, 0.29) is 23.9 Å². The van der Waals surface area contributed by atoms with E-state index in [4.69, 9.17) is 9.84 Å². The first-order valence-electron chi connectivity index (χ1n) is 12.2. The molecule has 0 aliphatic rings. The van der Waals surface area contributed by atoms with Crippen molar-refractivity contribution in [1.29, 1.82) is 0 Å². The van der Waals surface area contributed by atoms with Gasteiger partial charge in [-0.15, -0.1) is 0 Å². The highest BCUT2D eigenvalue weighted by atomic mass is 16.5. The Labute approximate surface area is 213 Å². The van der Waals surface area contributed by atoms with E-state index in [1.165, 1.54) is 4.90 Å². The standard InChI is InChI=1S/C28H37N5O3/c1-8-16-32(27(35)29-23-11-9-10-19(2)20(23)3)18-26(34)30-25-17-24(28(4,5)6)31-33(25)21-12-14-22(36-7)15-13-21/h9-15,17H,8,16,18H2,1-7H3,(H,29,35)(H,30,34). The summed E-state index contributed by atoms with van der Waals surface area (Å²) in [5, 5.41) is 10.7. The maximum Gasteiger partial charge on any atom is 0.322 e. The summed E-state index contributed by atoms with van der Waals surface area (Å²) >= 11 is 0. The molecule has 0 saturated carbocycles. The molecule has 3 amide bonds. The number of methoxy groups -OCH3 is 1. The molecule has 0 aliphatic carbocycles. The molecule has 0 fully saturated rings. The molecule has 0 bridgehead atoms. The van der Waals surface area contributed by atoms with E-state index in [0.717, 1.165) is 40.4 Å². The van der Waals surface area contributed by atoms with Crippen LogP contribution in [-0.4, -0.2) is 46.8 Å². The second-order valence-electron chi connectivity index (χ2n) is 9.92. The van der Waals surface area contributed by atoms with Crippen molar-refractivity contribution in [1.82, 2.24) is 14.7 Å². The number of benzene rings is 2. The first-order valence-corrected chi connectivity index (χ1v) is 12.2. The number of nitrogens with zero attached hydrogens (tertiary/aromatic N) is 3. The number of urea groups is 1. The van der Waals surface area contributed by atoms with Crippen LogP contribution >= 0.6 is 0 Å². The highest BCUT2D eigenvalue weighted by Crippen LogP contribution is 2.27. The van der Waals surface area contributed by atoms with Gasteiger partial charge in [-0.3, -0.25) is 4.79 Å². The third kappa shape index (κ3) is 6.44. The van der Waals surface area contributed by atoms with Crippen LogP contribution in [0.4, 0.5) is 16.3 Å². The number of amides is 3. The molecule has 36 heavy (non-hydrogen) atoms. The molecular weight excluding hydrogens is 454 g/mol. The van der Waals surface area contributed by atoms with Gasteiger partial charge in [-0.2, -0.15) is 5.10 Å². The quantitative estimate of drug-likeness (QED) is 0.424. The van der Waals surface area contributed by atoms with Crippen molar-refractivity contribution < 1.29 is 14.3 Å². The third-order valence-electron chi connectivity index (χ3n) is 6.02. The van der Waals surface area contributed by atoms with Crippen molar-refractivity contribution >= 4 is 23.4 Å². The van der Waals surface area contributed by atoms with E-state index in [9.17, 15) is 9.59 Å². The van der Waals surface area contributed by atoms with Gasteiger partial charge in [0.05, 0.1) is 18.5 Å². The highest BCUT2D eigenvalue weighted by molar-refractivity contribution is 5.97. The van der Waals surface area contributed by atoms with Crippen LogP contribution in [0.1, 0.15) is 50.9 Å². The van der Waals surface area contributed by atoms with Gasteiger partial charge < -0.3 is 20.3 Å². The first-order chi connectivity index (χ1) is 17.0. The third-order valence-corrected chi connectivity index (χ3v) is 6.02. The largest absolute Gasteiger partial charge is 0.497 e. The number of carbonyl (C=O) groups is 2. The molecule has 1 heterocycles. The minimum Gasteiger partial charge on any atom is -0.497 e. The Morgan fingerprint density at radius 2 is 1.75 bits per heavy atom. The smallest absolute Gasteiger partial charge is 0.322 e. The molecule has 3 rings (SSSR count). The van der Waals surface area contributed by atoms with E-state index in [0.29, 0.717) is 12.4 Å². The Morgan fingerprint density at radius 1 is 1.06 bits per heavy atom. The van der Waals surface area contributed by atoms with E-state index in [2.05, 4.69) is 31.4 Å². The van der Waals surface area contributed by atoms with Gasteiger partial charge in [0, 0.05) is 23.7 Å². The molecule has 1 aromatic heterocycles. The summed E-state index contributed by atoms with van der Waals surface area (Å²) in [7, 11) is 1.62. The first kappa shape index (κ1) is 26.8. The van der Waals surface area contributed by atoms with E-state index in [1.54, 1.807) is 11.8 Å². The van der Waals surface area contributed by atoms with Crippen LogP contribution < -0.4 is 15.4 Å². The number of rotatable bonds is 8. The Kier molecular flexibility index (Phi) is 8.40. The Bertz CT molecular complexity index is 1210. The number of aryl methyl sites for hydroxylation is 1. The molecule has 0 spiro atoms. The maximum absolute atomic E-state index is 13.1. The fourth-order valence-electron chi connectivity index (χ4n) is 3.72.